The van der Waals surface area contributed by atoms with Crippen molar-refractivity contribution in [3.63, 3.8) is 0 Å². The maximum Gasteiger partial charge on any atom is 0.120 e. The molecule has 1 aliphatic rings. The average Bonchev–Trinajstić information content (AvgIpc) is 2.43. The van der Waals surface area contributed by atoms with Crippen molar-refractivity contribution in [2.75, 3.05) is 5.32 Å². The summed E-state index contributed by atoms with van der Waals surface area (Å²) in [5, 5.41) is 13.3. The molecule has 0 spiro atoms. The van der Waals surface area contributed by atoms with E-state index in [0.29, 0.717) is 5.75 Å². The number of hydrogen-bond donors (Lipinski definition) is 2. The lowest BCUT2D eigenvalue weighted by molar-refractivity contribution is 0.471. The molecule has 0 amide bonds. The predicted octanol–water partition coefficient (Wildman–Crippen LogP) is 3.59. The second-order valence-electron chi connectivity index (χ2n) is 5.14. The zero-order valence-electron chi connectivity index (χ0n) is 11.1. The molecule has 3 heteroatoms. The lowest BCUT2D eigenvalue weighted by Gasteiger charge is -2.26. The van der Waals surface area contributed by atoms with Gasteiger partial charge in [0.2, 0.25) is 0 Å². The minimum atomic E-state index is 0.243. The number of aryl methyl sites for hydroxylation is 2. The Morgan fingerprint density at radius 3 is 3.05 bits per heavy atom. The maximum absolute atomic E-state index is 9.77. The van der Waals surface area contributed by atoms with E-state index >= 15 is 0 Å². The summed E-state index contributed by atoms with van der Waals surface area (Å²) >= 11 is 0. The summed E-state index contributed by atoms with van der Waals surface area (Å²) in [7, 11) is 0. The smallest absolute Gasteiger partial charge is 0.120 e. The van der Waals surface area contributed by atoms with E-state index in [0.717, 1.165) is 29.8 Å². The fourth-order valence-electron chi connectivity index (χ4n) is 2.65. The van der Waals surface area contributed by atoms with E-state index in [4.69, 9.17) is 0 Å². The van der Waals surface area contributed by atoms with Crippen LogP contribution in [0.1, 0.15) is 35.7 Å². The first-order chi connectivity index (χ1) is 9.24. The highest BCUT2D eigenvalue weighted by Crippen LogP contribution is 2.32. The van der Waals surface area contributed by atoms with Gasteiger partial charge in [0.25, 0.3) is 0 Å². The number of aromatic nitrogens is 1. The highest BCUT2D eigenvalue weighted by atomic mass is 16.3. The Kier molecular flexibility index (Phi) is 3.11. The molecule has 0 bridgehead atoms. The van der Waals surface area contributed by atoms with Crippen LogP contribution in [0.4, 0.5) is 5.69 Å². The SMILES string of the molecule is Cc1ccc(NC2CCCc3cccnc32)cc1O. The first-order valence-corrected chi connectivity index (χ1v) is 6.74. The molecular formula is C16H18N2O. The summed E-state index contributed by atoms with van der Waals surface area (Å²) in [4.78, 5) is 4.51. The number of nitrogens with one attached hydrogen (secondary N) is 1. The third-order valence-electron chi connectivity index (χ3n) is 3.75. The number of nitrogens with zero attached hydrogens (tertiary/aromatic N) is 1. The molecule has 0 aliphatic heterocycles. The minimum Gasteiger partial charge on any atom is -0.508 e. The van der Waals surface area contributed by atoms with E-state index in [1.807, 2.05) is 31.3 Å². The van der Waals surface area contributed by atoms with Crippen molar-refractivity contribution in [2.45, 2.75) is 32.2 Å². The molecule has 1 unspecified atom stereocenters. The van der Waals surface area contributed by atoms with Gasteiger partial charge in [-0.15, -0.1) is 0 Å². The molecule has 1 atom stereocenters. The molecule has 0 fully saturated rings. The first kappa shape index (κ1) is 12.0. The number of pyridine rings is 1. The van der Waals surface area contributed by atoms with Crippen LogP contribution in [0.3, 0.4) is 0 Å². The predicted molar refractivity (Wildman–Crippen MR) is 76.4 cm³/mol. The molecule has 3 rings (SSSR count). The second-order valence-corrected chi connectivity index (χ2v) is 5.14. The Bertz CT molecular complexity index is 595. The maximum atomic E-state index is 9.77. The number of fused-ring (bicyclic) bond motifs is 1. The van der Waals surface area contributed by atoms with Crippen molar-refractivity contribution in [3.8, 4) is 5.75 Å². The van der Waals surface area contributed by atoms with E-state index in [9.17, 15) is 5.11 Å². The van der Waals surface area contributed by atoms with Gasteiger partial charge >= 0.3 is 0 Å². The summed E-state index contributed by atoms with van der Waals surface area (Å²) in [5.74, 6) is 0.335. The lowest BCUT2D eigenvalue weighted by Crippen LogP contribution is -2.18. The number of anilines is 1. The van der Waals surface area contributed by atoms with Gasteiger partial charge in [0.15, 0.2) is 0 Å². The van der Waals surface area contributed by atoms with E-state index in [2.05, 4.69) is 16.4 Å². The summed E-state index contributed by atoms with van der Waals surface area (Å²) in [6.45, 7) is 1.90. The van der Waals surface area contributed by atoms with E-state index in [1.54, 1.807) is 6.07 Å². The Morgan fingerprint density at radius 2 is 2.21 bits per heavy atom. The van der Waals surface area contributed by atoms with E-state index in [1.165, 1.54) is 12.0 Å². The summed E-state index contributed by atoms with van der Waals surface area (Å²) in [6, 6.07) is 10.1. The molecule has 3 nitrogen and oxygen atoms in total. The van der Waals surface area contributed by atoms with Crippen LogP contribution in [-0.2, 0) is 6.42 Å². The van der Waals surface area contributed by atoms with Gasteiger partial charge in [-0.25, -0.2) is 0 Å². The van der Waals surface area contributed by atoms with Crippen LogP contribution >= 0.6 is 0 Å². The van der Waals surface area contributed by atoms with Gasteiger partial charge < -0.3 is 10.4 Å². The first-order valence-electron chi connectivity index (χ1n) is 6.74. The normalized spacial score (nSPS) is 17.8. The van der Waals surface area contributed by atoms with Crippen LogP contribution in [0, 0.1) is 6.92 Å². The zero-order chi connectivity index (χ0) is 13.2. The quantitative estimate of drug-likeness (QED) is 0.861. The Balaban J connectivity index is 1.86. The molecular weight excluding hydrogens is 236 g/mol. The molecule has 0 saturated carbocycles. The molecule has 1 aromatic carbocycles. The molecule has 2 N–H and O–H groups in total. The number of rotatable bonds is 2. The largest absolute Gasteiger partial charge is 0.508 e. The number of benzene rings is 1. The van der Waals surface area contributed by atoms with Crippen molar-refractivity contribution in [2.24, 2.45) is 0 Å². The molecule has 0 saturated heterocycles. The van der Waals surface area contributed by atoms with E-state index < -0.39 is 0 Å². The van der Waals surface area contributed by atoms with Crippen LogP contribution in [0.5, 0.6) is 5.75 Å². The second kappa shape index (κ2) is 4.92. The summed E-state index contributed by atoms with van der Waals surface area (Å²) < 4.78 is 0. The molecule has 0 radical (unpaired) electrons. The van der Waals surface area contributed by atoms with Gasteiger partial charge in [-0.05, 0) is 49.4 Å². The fourth-order valence-corrected chi connectivity index (χ4v) is 2.65. The van der Waals surface area contributed by atoms with Crippen LogP contribution in [-0.4, -0.2) is 10.1 Å². The molecule has 1 aromatic heterocycles. The van der Waals surface area contributed by atoms with Gasteiger partial charge in [-0.3, -0.25) is 4.98 Å². The molecule has 1 aliphatic carbocycles. The highest BCUT2D eigenvalue weighted by molar-refractivity contribution is 5.52. The highest BCUT2D eigenvalue weighted by Gasteiger charge is 2.21. The number of aromatic hydroxyl groups is 1. The summed E-state index contributed by atoms with van der Waals surface area (Å²) in [5.41, 5.74) is 4.33. The van der Waals surface area contributed by atoms with Crippen LogP contribution < -0.4 is 5.32 Å². The van der Waals surface area contributed by atoms with Gasteiger partial charge in [0.1, 0.15) is 5.75 Å². The number of phenolic OH excluding ortho intramolecular Hbond substituents is 1. The van der Waals surface area contributed by atoms with Gasteiger partial charge in [-0.2, -0.15) is 0 Å². The Hall–Kier alpha value is -2.03. The number of phenols is 1. The molecule has 2 aromatic rings. The van der Waals surface area contributed by atoms with Gasteiger partial charge in [0.05, 0.1) is 11.7 Å². The van der Waals surface area contributed by atoms with Crippen LogP contribution in [0.2, 0.25) is 0 Å². The van der Waals surface area contributed by atoms with Gasteiger partial charge in [-0.1, -0.05) is 12.1 Å². The van der Waals surface area contributed by atoms with Crippen LogP contribution in [0.25, 0.3) is 0 Å². The van der Waals surface area contributed by atoms with Crippen molar-refractivity contribution in [3.05, 3.63) is 53.3 Å². The Labute approximate surface area is 113 Å². The minimum absolute atomic E-state index is 0.243. The standard InChI is InChI=1S/C16H18N2O/c1-11-7-8-13(10-15(11)19)18-14-6-2-4-12-5-3-9-17-16(12)14/h3,5,7-10,14,18-19H,2,4,6H2,1H3. The van der Waals surface area contributed by atoms with Crippen molar-refractivity contribution < 1.29 is 5.11 Å². The zero-order valence-corrected chi connectivity index (χ0v) is 11.1. The van der Waals surface area contributed by atoms with Crippen molar-refractivity contribution in [1.29, 1.82) is 0 Å². The Morgan fingerprint density at radius 1 is 1.32 bits per heavy atom. The average molecular weight is 254 g/mol. The van der Waals surface area contributed by atoms with Gasteiger partial charge in [0, 0.05) is 18.0 Å². The summed E-state index contributed by atoms with van der Waals surface area (Å²) in [6.07, 6.45) is 5.22. The molecule has 19 heavy (non-hydrogen) atoms. The van der Waals surface area contributed by atoms with Crippen molar-refractivity contribution in [1.82, 2.24) is 4.98 Å². The lowest BCUT2D eigenvalue weighted by atomic mass is 9.92. The third-order valence-corrected chi connectivity index (χ3v) is 3.75. The fraction of sp³-hybridized carbons (Fsp3) is 0.312. The molecule has 98 valence electrons. The van der Waals surface area contributed by atoms with Crippen molar-refractivity contribution >= 4 is 5.69 Å². The topological polar surface area (TPSA) is 45.2 Å². The van der Waals surface area contributed by atoms with E-state index in [-0.39, 0.29) is 6.04 Å². The van der Waals surface area contributed by atoms with Crippen LogP contribution in [0.15, 0.2) is 36.5 Å². The monoisotopic (exact) mass is 254 g/mol. The molecule has 1 heterocycles. The number of hydrogen-bond acceptors (Lipinski definition) is 3. The third kappa shape index (κ3) is 2.41.